The lowest BCUT2D eigenvalue weighted by atomic mass is 9.96. The van der Waals surface area contributed by atoms with Gasteiger partial charge in [-0.15, -0.1) is 0 Å². The van der Waals surface area contributed by atoms with Crippen molar-refractivity contribution in [2.24, 2.45) is 5.92 Å². The van der Waals surface area contributed by atoms with E-state index in [1.165, 1.54) is 0 Å². The molecule has 0 radical (unpaired) electrons. The molecule has 0 aromatic rings. The quantitative estimate of drug-likeness (QED) is 0.801. The number of amides is 1. The van der Waals surface area contributed by atoms with E-state index >= 15 is 0 Å². The average molecular weight is 267 g/mol. The van der Waals surface area contributed by atoms with Crippen LogP contribution in [0.2, 0.25) is 0 Å². The maximum atomic E-state index is 12.1. The Kier molecular flexibility index (Phi) is 4.98. The normalized spacial score (nSPS) is 18.6. The number of hydrogen-bond donors (Lipinski definition) is 2. The van der Waals surface area contributed by atoms with Crippen LogP contribution in [0.1, 0.15) is 38.5 Å². The summed E-state index contributed by atoms with van der Waals surface area (Å²) in [5, 5.41) is 10.4. The summed E-state index contributed by atoms with van der Waals surface area (Å²) in [5.41, 5.74) is 0. The molecule has 2 N–H and O–H groups in total. The number of alkyl halides is 3. The number of carboxylic acids is 1. The Morgan fingerprint density at radius 3 is 2.28 bits per heavy atom. The number of hydrogen-bond acceptors (Lipinski definition) is 2. The predicted molar refractivity (Wildman–Crippen MR) is 56.8 cm³/mol. The summed E-state index contributed by atoms with van der Waals surface area (Å²) in [4.78, 5) is 21.4. The van der Waals surface area contributed by atoms with Crippen molar-refractivity contribution in [2.45, 2.75) is 50.7 Å². The van der Waals surface area contributed by atoms with E-state index in [0.29, 0.717) is 6.42 Å². The van der Waals surface area contributed by atoms with Gasteiger partial charge in [0.15, 0.2) is 0 Å². The van der Waals surface area contributed by atoms with Crippen LogP contribution in [0.3, 0.4) is 0 Å². The molecule has 4 nitrogen and oxygen atoms in total. The van der Waals surface area contributed by atoms with Crippen LogP contribution < -0.4 is 5.32 Å². The third kappa shape index (κ3) is 4.93. The molecule has 1 unspecified atom stereocenters. The van der Waals surface area contributed by atoms with Crippen LogP contribution in [0.4, 0.5) is 13.2 Å². The molecule has 1 saturated carbocycles. The maximum absolute atomic E-state index is 12.1. The highest BCUT2D eigenvalue weighted by molar-refractivity contribution is 5.82. The lowest BCUT2D eigenvalue weighted by Gasteiger charge is -2.21. The molecule has 0 aromatic heterocycles. The Labute approximate surface area is 103 Å². The molecule has 0 spiro atoms. The van der Waals surface area contributed by atoms with Crippen LogP contribution >= 0.6 is 0 Å². The van der Waals surface area contributed by atoms with Gasteiger partial charge in [-0.2, -0.15) is 13.2 Å². The van der Waals surface area contributed by atoms with Gasteiger partial charge in [-0.05, 0) is 12.3 Å². The summed E-state index contributed by atoms with van der Waals surface area (Å²) in [6, 6.07) is -0.945. The number of rotatable bonds is 5. The standard InChI is InChI=1S/C11H16F3NO3/c12-11(13,14)10(18)15-8(6-9(16)17)5-7-3-1-2-4-7/h7-8H,1-6H2,(H,15,18)(H,16,17). The zero-order chi connectivity index (χ0) is 13.8. The second-order valence-electron chi connectivity index (χ2n) is 4.65. The van der Waals surface area contributed by atoms with Crippen LogP contribution in [0, 0.1) is 5.92 Å². The molecule has 18 heavy (non-hydrogen) atoms. The molecule has 7 heteroatoms. The number of carboxylic acid groups (broad SMARTS) is 1. The molecule has 1 rings (SSSR count). The zero-order valence-electron chi connectivity index (χ0n) is 9.79. The van der Waals surface area contributed by atoms with E-state index in [4.69, 9.17) is 5.11 Å². The summed E-state index contributed by atoms with van der Waals surface area (Å²) in [5.74, 6) is -3.06. The minimum absolute atomic E-state index is 0.211. The van der Waals surface area contributed by atoms with Crippen molar-refractivity contribution in [1.29, 1.82) is 0 Å². The van der Waals surface area contributed by atoms with Gasteiger partial charge in [0.2, 0.25) is 0 Å². The first-order valence-corrected chi connectivity index (χ1v) is 5.88. The molecule has 1 aliphatic rings. The van der Waals surface area contributed by atoms with Crippen molar-refractivity contribution in [1.82, 2.24) is 5.32 Å². The van der Waals surface area contributed by atoms with E-state index < -0.39 is 30.5 Å². The zero-order valence-corrected chi connectivity index (χ0v) is 9.79. The highest BCUT2D eigenvalue weighted by atomic mass is 19.4. The van der Waals surface area contributed by atoms with Gasteiger partial charge >= 0.3 is 18.1 Å². The summed E-state index contributed by atoms with van der Waals surface area (Å²) in [7, 11) is 0. The summed E-state index contributed by atoms with van der Waals surface area (Å²) >= 11 is 0. The molecule has 1 aliphatic carbocycles. The molecule has 1 atom stereocenters. The molecular weight excluding hydrogens is 251 g/mol. The summed E-state index contributed by atoms with van der Waals surface area (Å²) in [6.45, 7) is 0. The highest BCUT2D eigenvalue weighted by Crippen LogP contribution is 2.29. The molecule has 104 valence electrons. The Morgan fingerprint density at radius 1 is 1.28 bits per heavy atom. The second-order valence-corrected chi connectivity index (χ2v) is 4.65. The Hall–Kier alpha value is -1.27. The lowest BCUT2D eigenvalue weighted by molar-refractivity contribution is -0.174. The van der Waals surface area contributed by atoms with E-state index in [2.05, 4.69) is 0 Å². The minimum Gasteiger partial charge on any atom is -0.481 e. The van der Waals surface area contributed by atoms with Gasteiger partial charge in [-0.25, -0.2) is 0 Å². The van der Waals surface area contributed by atoms with E-state index in [-0.39, 0.29) is 5.92 Å². The van der Waals surface area contributed by atoms with Crippen LogP contribution in [0.5, 0.6) is 0 Å². The third-order valence-electron chi connectivity index (χ3n) is 3.11. The van der Waals surface area contributed by atoms with Gasteiger partial charge in [0.25, 0.3) is 0 Å². The monoisotopic (exact) mass is 267 g/mol. The molecule has 0 aliphatic heterocycles. The van der Waals surface area contributed by atoms with Gasteiger partial charge in [0.1, 0.15) is 0 Å². The van der Waals surface area contributed by atoms with Gasteiger partial charge < -0.3 is 10.4 Å². The van der Waals surface area contributed by atoms with E-state index in [0.717, 1.165) is 25.7 Å². The summed E-state index contributed by atoms with van der Waals surface area (Å²) in [6.07, 6.45) is -1.34. The van der Waals surface area contributed by atoms with Crippen molar-refractivity contribution in [3.05, 3.63) is 0 Å². The molecular formula is C11H16F3NO3. The SMILES string of the molecule is O=C(O)CC(CC1CCCC1)NC(=O)C(F)(F)F. The van der Waals surface area contributed by atoms with Gasteiger partial charge in [-0.1, -0.05) is 25.7 Å². The third-order valence-corrected chi connectivity index (χ3v) is 3.11. The molecule has 0 bridgehead atoms. The van der Waals surface area contributed by atoms with E-state index in [1.54, 1.807) is 5.32 Å². The maximum Gasteiger partial charge on any atom is 0.471 e. The fourth-order valence-corrected chi connectivity index (χ4v) is 2.32. The van der Waals surface area contributed by atoms with Crippen molar-refractivity contribution >= 4 is 11.9 Å². The summed E-state index contributed by atoms with van der Waals surface area (Å²) < 4.78 is 36.3. The average Bonchev–Trinajstić information content (AvgIpc) is 2.67. The first kappa shape index (κ1) is 14.8. The topological polar surface area (TPSA) is 66.4 Å². The van der Waals surface area contributed by atoms with Crippen molar-refractivity contribution in [3.63, 3.8) is 0 Å². The van der Waals surface area contributed by atoms with Crippen molar-refractivity contribution < 1.29 is 27.9 Å². The smallest absolute Gasteiger partial charge is 0.471 e. The molecule has 1 fully saturated rings. The van der Waals surface area contributed by atoms with Crippen LogP contribution in [0.15, 0.2) is 0 Å². The second kappa shape index (κ2) is 6.06. The van der Waals surface area contributed by atoms with Crippen LogP contribution in [-0.2, 0) is 9.59 Å². The fourth-order valence-electron chi connectivity index (χ4n) is 2.32. The Balaban J connectivity index is 2.54. The number of carbonyl (C=O) groups excluding carboxylic acids is 1. The number of halogens is 3. The lowest BCUT2D eigenvalue weighted by Crippen LogP contribution is -2.44. The van der Waals surface area contributed by atoms with Crippen LogP contribution in [-0.4, -0.2) is 29.2 Å². The highest BCUT2D eigenvalue weighted by Gasteiger charge is 2.40. The fraction of sp³-hybridized carbons (Fsp3) is 0.818. The van der Waals surface area contributed by atoms with Gasteiger partial charge in [-0.3, -0.25) is 9.59 Å². The predicted octanol–water partition coefficient (Wildman–Crippen LogP) is 2.09. The number of nitrogens with one attached hydrogen (secondary N) is 1. The molecule has 0 saturated heterocycles. The van der Waals surface area contributed by atoms with Gasteiger partial charge in [0, 0.05) is 6.04 Å². The molecule has 0 aromatic carbocycles. The first-order valence-electron chi connectivity index (χ1n) is 5.88. The van der Waals surface area contributed by atoms with Crippen molar-refractivity contribution in [3.8, 4) is 0 Å². The van der Waals surface area contributed by atoms with E-state index in [9.17, 15) is 22.8 Å². The number of aliphatic carboxylic acids is 1. The van der Waals surface area contributed by atoms with Gasteiger partial charge in [0.05, 0.1) is 6.42 Å². The molecule has 1 amide bonds. The van der Waals surface area contributed by atoms with E-state index in [1.807, 2.05) is 0 Å². The van der Waals surface area contributed by atoms with Crippen LogP contribution in [0.25, 0.3) is 0 Å². The first-order chi connectivity index (χ1) is 8.29. The molecule has 0 heterocycles. The Bertz CT molecular complexity index is 311. The number of carbonyl (C=O) groups is 2. The Morgan fingerprint density at radius 2 is 1.83 bits per heavy atom. The minimum atomic E-state index is -4.97. The largest absolute Gasteiger partial charge is 0.481 e. The van der Waals surface area contributed by atoms with Crippen molar-refractivity contribution in [2.75, 3.05) is 0 Å².